The summed E-state index contributed by atoms with van der Waals surface area (Å²) in [5.41, 5.74) is -0.431. The molecule has 2 aromatic carbocycles. The SMILES string of the molecule is O=S(=O)(Nc1cc(Cl)c(Cl)cc1NS(=O)(=O)c1ccc(Cl)cc1F)c1cccs1. The number of nitrogens with one attached hydrogen (secondary N) is 2. The Morgan fingerprint density at radius 3 is 1.93 bits per heavy atom. The molecule has 3 rings (SSSR count). The van der Waals surface area contributed by atoms with E-state index in [1.54, 1.807) is 11.4 Å². The first-order valence-corrected chi connectivity index (χ1v) is 12.5. The number of benzene rings is 2. The summed E-state index contributed by atoms with van der Waals surface area (Å²) in [6.45, 7) is 0. The van der Waals surface area contributed by atoms with Crippen LogP contribution < -0.4 is 9.44 Å². The maximum absolute atomic E-state index is 14.1. The van der Waals surface area contributed by atoms with Gasteiger partial charge < -0.3 is 0 Å². The minimum Gasteiger partial charge on any atom is -0.277 e. The van der Waals surface area contributed by atoms with Crippen LogP contribution in [0.25, 0.3) is 0 Å². The van der Waals surface area contributed by atoms with Crippen LogP contribution in [0.4, 0.5) is 15.8 Å². The standard InChI is InChI=1S/C16H10Cl3FN2O4S3/c17-9-3-4-15(12(20)6-9)28(23,24)21-13-7-10(18)11(19)8-14(13)22-29(25,26)16-2-1-5-27-16/h1-8,21-22H. The smallest absolute Gasteiger partial charge is 0.271 e. The second-order valence-corrected chi connectivity index (χ2v) is 11.3. The highest BCUT2D eigenvalue weighted by Gasteiger charge is 2.24. The van der Waals surface area contributed by atoms with E-state index >= 15 is 0 Å². The monoisotopic (exact) mass is 514 g/mol. The molecule has 6 nitrogen and oxygen atoms in total. The van der Waals surface area contributed by atoms with Gasteiger partial charge in [0.25, 0.3) is 20.0 Å². The van der Waals surface area contributed by atoms with Crippen molar-refractivity contribution >= 4 is 77.6 Å². The van der Waals surface area contributed by atoms with E-state index < -0.39 is 30.8 Å². The van der Waals surface area contributed by atoms with Crippen molar-refractivity contribution in [3.05, 3.63) is 68.7 Å². The van der Waals surface area contributed by atoms with Crippen molar-refractivity contribution in [1.29, 1.82) is 0 Å². The lowest BCUT2D eigenvalue weighted by Crippen LogP contribution is -2.18. The molecule has 0 saturated carbocycles. The van der Waals surface area contributed by atoms with Gasteiger partial charge in [0, 0.05) is 5.02 Å². The molecule has 0 aliphatic rings. The van der Waals surface area contributed by atoms with E-state index in [2.05, 4.69) is 9.44 Å². The van der Waals surface area contributed by atoms with Crippen molar-refractivity contribution in [2.45, 2.75) is 9.10 Å². The molecule has 0 unspecified atom stereocenters. The zero-order valence-corrected chi connectivity index (χ0v) is 18.7. The van der Waals surface area contributed by atoms with Crippen LogP contribution in [-0.4, -0.2) is 16.8 Å². The molecule has 0 aliphatic carbocycles. The van der Waals surface area contributed by atoms with Gasteiger partial charge in [-0.2, -0.15) is 0 Å². The maximum Gasteiger partial charge on any atom is 0.271 e. The number of thiophene rings is 1. The molecule has 0 radical (unpaired) electrons. The van der Waals surface area contributed by atoms with Crippen LogP contribution in [0.2, 0.25) is 15.1 Å². The predicted octanol–water partition coefficient (Wildman–Crippen LogP) is 5.45. The zero-order valence-electron chi connectivity index (χ0n) is 14.0. The Labute approximate surface area is 185 Å². The molecule has 1 heterocycles. The molecule has 1 aromatic heterocycles. The van der Waals surface area contributed by atoms with E-state index in [0.717, 1.165) is 35.6 Å². The van der Waals surface area contributed by atoms with Gasteiger partial charge in [0.05, 0.1) is 21.4 Å². The Morgan fingerprint density at radius 1 is 0.828 bits per heavy atom. The van der Waals surface area contributed by atoms with Crippen LogP contribution in [0.1, 0.15) is 0 Å². The van der Waals surface area contributed by atoms with Crippen molar-refractivity contribution in [1.82, 2.24) is 0 Å². The average Bonchev–Trinajstić information content (AvgIpc) is 3.14. The third-order valence-corrected chi connectivity index (χ3v) is 8.61. The van der Waals surface area contributed by atoms with Crippen molar-refractivity contribution in [3.63, 3.8) is 0 Å². The summed E-state index contributed by atoms with van der Waals surface area (Å²) < 4.78 is 68.7. The van der Waals surface area contributed by atoms with E-state index in [4.69, 9.17) is 34.8 Å². The normalized spacial score (nSPS) is 12.0. The molecule has 0 amide bonds. The fraction of sp³-hybridized carbons (Fsp3) is 0. The van der Waals surface area contributed by atoms with E-state index in [0.29, 0.717) is 0 Å². The highest BCUT2D eigenvalue weighted by atomic mass is 35.5. The van der Waals surface area contributed by atoms with Gasteiger partial charge in [-0.1, -0.05) is 40.9 Å². The largest absolute Gasteiger partial charge is 0.277 e. The van der Waals surface area contributed by atoms with E-state index in [-0.39, 0.29) is 30.7 Å². The number of hydrogen-bond donors (Lipinski definition) is 2. The molecule has 0 fully saturated rings. The molecular weight excluding hydrogens is 506 g/mol. The first kappa shape index (κ1) is 22.1. The molecule has 29 heavy (non-hydrogen) atoms. The summed E-state index contributed by atoms with van der Waals surface area (Å²) in [6, 6.07) is 8.19. The molecule has 0 aliphatic heterocycles. The van der Waals surface area contributed by atoms with Gasteiger partial charge in [-0.05, 0) is 41.8 Å². The summed E-state index contributed by atoms with van der Waals surface area (Å²) >= 11 is 18.5. The Hall–Kier alpha value is -1.56. The molecule has 3 aromatic rings. The lowest BCUT2D eigenvalue weighted by molar-refractivity contribution is 0.570. The van der Waals surface area contributed by atoms with Crippen molar-refractivity contribution in [2.24, 2.45) is 0 Å². The van der Waals surface area contributed by atoms with Gasteiger partial charge in [0.1, 0.15) is 14.9 Å². The fourth-order valence-electron chi connectivity index (χ4n) is 2.22. The summed E-state index contributed by atoms with van der Waals surface area (Å²) in [4.78, 5) is -0.681. The predicted molar refractivity (Wildman–Crippen MR) is 114 cm³/mol. The highest BCUT2D eigenvalue weighted by Crippen LogP contribution is 2.36. The minimum atomic E-state index is -4.44. The topological polar surface area (TPSA) is 92.3 Å². The second kappa shape index (κ2) is 8.29. The van der Waals surface area contributed by atoms with E-state index in [9.17, 15) is 21.2 Å². The first-order chi connectivity index (χ1) is 13.5. The van der Waals surface area contributed by atoms with E-state index in [1.165, 1.54) is 12.1 Å². The second-order valence-electron chi connectivity index (χ2n) is 5.53. The van der Waals surface area contributed by atoms with Crippen molar-refractivity contribution < 1.29 is 21.2 Å². The Bertz CT molecular complexity index is 1280. The van der Waals surface area contributed by atoms with Crippen molar-refractivity contribution in [2.75, 3.05) is 9.44 Å². The van der Waals surface area contributed by atoms with Crippen LogP contribution in [0, 0.1) is 5.82 Å². The van der Waals surface area contributed by atoms with Crippen LogP contribution in [0.5, 0.6) is 0 Å². The Morgan fingerprint density at radius 2 is 1.41 bits per heavy atom. The average molecular weight is 516 g/mol. The lowest BCUT2D eigenvalue weighted by Gasteiger charge is -2.15. The molecule has 0 saturated heterocycles. The van der Waals surface area contributed by atoms with Gasteiger partial charge in [-0.3, -0.25) is 9.44 Å². The number of hydrogen-bond acceptors (Lipinski definition) is 5. The molecule has 0 atom stereocenters. The fourth-order valence-corrected chi connectivity index (χ4v) is 5.90. The number of rotatable bonds is 6. The molecule has 154 valence electrons. The first-order valence-electron chi connectivity index (χ1n) is 7.53. The van der Waals surface area contributed by atoms with Crippen LogP contribution in [0.15, 0.2) is 56.9 Å². The molecular formula is C16H10Cl3FN2O4S3. The third-order valence-electron chi connectivity index (χ3n) is 3.49. The zero-order chi connectivity index (χ0) is 21.4. The quantitative estimate of drug-likeness (QED) is 0.457. The van der Waals surface area contributed by atoms with Gasteiger partial charge in [0.15, 0.2) is 0 Å². The molecule has 0 spiro atoms. The number of anilines is 2. The number of sulfonamides is 2. The Balaban J connectivity index is 2.04. The molecule has 2 N–H and O–H groups in total. The third kappa shape index (κ3) is 4.96. The lowest BCUT2D eigenvalue weighted by atomic mass is 10.3. The summed E-state index contributed by atoms with van der Waals surface area (Å²) in [5, 5.41) is 1.52. The van der Waals surface area contributed by atoms with Crippen molar-refractivity contribution in [3.8, 4) is 0 Å². The minimum absolute atomic E-state index is 0.00104. The van der Waals surface area contributed by atoms with Gasteiger partial charge in [0.2, 0.25) is 0 Å². The van der Waals surface area contributed by atoms with Crippen LogP contribution in [-0.2, 0) is 20.0 Å². The summed E-state index contributed by atoms with van der Waals surface area (Å²) in [6.07, 6.45) is 0. The van der Waals surface area contributed by atoms with Gasteiger partial charge in [-0.25, -0.2) is 21.2 Å². The molecule has 13 heteroatoms. The number of halogens is 4. The van der Waals surface area contributed by atoms with Crippen LogP contribution in [0.3, 0.4) is 0 Å². The van der Waals surface area contributed by atoms with Gasteiger partial charge in [-0.15, -0.1) is 11.3 Å². The maximum atomic E-state index is 14.1. The van der Waals surface area contributed by atoms with E-state index in [1.807, 2.05) is 0 Å². The summed E-state index contributed by atoms with van der Waals surface area (Å²) in [5.74, 6) is -1.08. The highest BCUT2D eigenvalue weighted by molar-refractivity contribution is 7.94. The van der Waals surface area contributed by atoms with Gasteiger partial charge >= 0.3 is 0 Å². The molecule has 0 bridgehead atoms. The Kier molecular flexibility index (Phi) is 6.32. The van der Waals surface area contributed by atoms with Crippen LogP contribution >= 0.6 is 46.1 Å². The summed E-state index contributed by atoms with van der Waals surface area (Å²) in [7, 11) is -8.46.